The Labute approximate surface area is 134 Å². The first kappa shape index (κ1) is 15.0. The molecular formula is C17H18ClN3O. The molecule has 22 heavy (non-hydrogen) atoms. The van der Waals surface area contributed by atoms with Gasteiger partial charge >= 0.3 is 0 Å². The van der Waals surface area contributed by atoms with Gasteiger partial charge in [0.15, 0.2) is 0 Å². The number of aliphatic hydroxyl groups excluding tert-OH is 1. The van der Waals surface area contributed by atoms with Gasteiger partial charge in [0, 0.05) is 11.6 Å². The zero-order valence-corrected chi connectivity index (χ0v) is 13.2. The van der Waals surface area contributed by atoms with Crippen molar-refractivity contribution < 1.29 is 5.11 Å². The Morgan fingerprint density at radius 2 is 1.86 bits per heavy atom. The first-order valence-corrected chi connectivity index (χ1v) is 7.53. The van der Waals surface area contributed by atoms with Crippen LogP contribution in [0.25, 0.3) is 11.0 Å². The van der Waals surface area contributed by atoms with Gasteiger partial charge in [0.25, 0.3) is 0 Å². The fraction of sp³-hybridized carbons (Fsp3) is 0.235. The second-order valence-corrected chi connectivity index (χ2v) is 5.82. The zero-order chi connectivity index (χ0) is 15.5. The Hall–Kier alpha value is -1.88. The van der Waals surface area contributed by atoms with E-state index in [0.717, 1.165) is 22.6 Å². The van der Waals surface area contributed by atoms with Crippen molar-refractivity contribution in [2.45, 2.75) is 19.8 Å². The van der Waals surface area contributed by atoms with Crippen LogP contribution in [0.4, 0.5) is 0 Å². The van der Waals surface area contributed by atoms with Crippen LogP contribution >= 0.6 is 11.6 Å². The molecule has 0 aliphatic carbocycles. The molecule has 3 aromatic rings. The van der Waals surface area contributed by atoms with Crippen LogP contribution < -0.4 is 0 Å². The summed E-state index contributed by atoms with van der Waals surface area (Å²) in [4.78, 5) is 6.65. The molecule has 0 unspecified atom stereocenters. The van der Waals surface area contributed by atoms with Gasteiger partial charge in [0.1, 0.15) is 12.4 Å². The molecule has 1 N–H and O–H groups in total. The Balaban J connectivity index is 1.81. The molecule has 0 aliphatic heterocycles. The quantitative estimate of drug-likeness (QED) is 0.785. The molecule has 114 valence electrons. The van der Waals surface area contributed by atoms with Crippen LogP contribution in [-0.4, -0.2) is 26.6 Å². The number of hydrogen-bond acceptors (Lipinski definition) is 3. The molecule has 0 saturated carbocycles. The van der Waals surface area contributed by atoms with Crippen molar-refractivity contribution in [2.24, 2.45) is 0 Å². The normalized spacial score (nSPS) is 11.5. The van der Waals surface area contributed by atoms with Gasteiger partial charge in [0.2, 0.25) is 0 Å². The van der Waals surface area contributed by atoms with Crippen molar-refractivity contribution in [3.63, 3.8) is 0 Å². The Kier molecular flexibility index (Phi) is 4.43. The Morgan fingerprint density at radius 1 is 1.14 bits per heavy atom. The van der Waals surface area contributed by atoms with Gasteiger partial charge in [-0.25, -0.2) is 4.98 Å². The minimum Gasteiger partial charge on any atom is -0.388 e. The van der Waals surface area contributed by atoms with Crippen LogP contribution in [0.1, 0.15) is 11.4 Å². The van der Waals surface area contributed by atoms with Crippen LogP contribution in [0.5, 0.6) is 0 Å². The van der Waals surface area contributed by atoms with Crippen molar-refractivity contribution in [3.05, 3.63) is 64.9 Å². The lowest BCUT2D eigenvalue weighted by Crippen LogP contribution is -2.22. The number of hydrogen-bond donors (Lipinski definition) is 1. The molecule has 1 aromatic heterocycles. The van der Waals surface area contributed by atoms with Gasteiger partial charge in [-0.1, -0.05) is 35.9 Å². The average Bonchev–Trinajstić information content (AvgIpc) is 2.87. The summed E-state index contributed by atoms with van der Waals surface area (Å²) in [5.41, 5.74) is 3.14. The van der Waals surface area contributed by atoms with E-state index in [1.807, 2.05) is 60.1 Å². The second kappa shape index (κ2) is 6.48. The van der Waals surface area contributed by atoms with Crippen molar-refractivity contribution in [1.82, 2.24) is 14.5 Å². The molecule has 5 heteroatoms. The second-order valence-electron chi connectivity index (χ2n) is 5.38. The molecule has 0 bridgehead atoms. The summed E-state index contributed by atoms with van der Waals surface area (Å²) in [7, 11) is 2.05. The van der Waals surface area contributed by atoms with Crippen molar-refractivity contribution in [1.29, 1.82) is 0 Å². The van der Waals surface area contributed by atoms with E-state index in [0.29, 0.717) is 12.5 Å². The SMILES string of the molecule is CN(Cc1ccc(Cl)cc1)Cn1c(CO)nc2ccccc21. The van der Waals surface area contributed by atoms with Gasteiger partial charge in [-0.15, -0.1) is 0 Å². The molecule has 2 aromatic carbocycles. The number of aromatic nitrogens is 2. The average molecular weight is 316 g/mol. The Morgan fingerprint density at radius 3 is 2.59 bits per heavy atom. The number of fused-ring (bicyclic) bond motifs is 1. The molecule has 0 fully saturated rings. The van der Waals surface area contributed by atoms with Gasteiger partial charge in [0.05, 0.1) is 17.7 Å². The molecule has 0 aliphatic rings. The Bertz CT molecular complexity index is 767. The van der Waals surface area contributed by atoms with Gasteiger partial charge in [-0.2, -0.15) is 0 Å². The monoisotopic (exact) mass is 315 g/mol. The minimum absolute atomic E-state index is 0.0660. The fourth-order valence-electron chi connectivity index (χ4n) is 2.60. The number of rotatable bonds is 5. The standard InChI is InChI=1S/C17H18ClN3O/c1-20(10-13-6-8-14(18)9-7-13)12-21-16-5-3-2-4-15(16)19-17(21)11-22/h2-9,22H,10-12H2,1H3. The minimum atomic E-state index is -0.0660. The summed E-state index contributed by atoms with van der Waals surface area (Å²) in [6.45, 7) is 1.40. The lowest BCUT2D eigenvalue weighted by molar-refractivity contribution is 0.231. The lowest BCUT2D eigenvalue weighted by atomic mass is 10.2. The predicted molar refractivity (Wildman–Crippen MR) is 88.6 cm³/mol. The highest BCUT2D eigenvalue weighted by Crippen LogP contribution is 2.17. The largest absolute Gasteiger partial charge is 0.388 e. The third-order valence-electron chi connectivity index (χ3n) is 3.62. The fourth-order valence-corrected chi connectivity index (χ4v) is 2.72. The van der Waals surface area contributed by atoms with Crippen LogP contribution in [0.3, 0.4) is 0 Å². The molecule has 0 atom stereocenters. The maximum atomic E-state index is 9.54. The molecule has 4 nitrogen and oxygen atoms in total. The van der Waals surface area contributed by atoms with Crippen molar-refractivity contribution in [2.75, 3.05) is 7.05 Å². The lowest BCUT2D eigenvalue weighted by Gasteiger charge is -2.19. The molecule has 1 heterocycles. The third kappa shape index (κ3) is 3.14. The highest BCUT2D eigenvalue weighted by atomic mass is 35.5. The van der Waals surface area contributed by atoms with E-state index >= 15 is 0 Å². The molecule has 3 rings (SSSR count). The smallest absolute Gasteiger partial charge is 0.136 e. The first-order valence-electron chi connectivity index (χ1n) is 7.15. The van der Waals surface area contributed by atoms with E-state index in [9.17, 15) is 5.11 Å². The predicted octanol–water partition coefficient (Wildman–Crippen LogP) is 3.27. The maximum Gasteiger partial charge on any atom is 0.136 e. The van der Waals surface area contributed by atoms with E-state index < -0.39 is 0 Å². The summed E-state index contributed by atoms with van der Waals surface area (Å²) in [5, 5.41) is 10.3. The summed E-state index contributed by atoms with van der Waals surface area (Å²) < 4.78 is 2.05. The van der Waals surface area contributed by atoms with E-state index in [2.05, 4.69) is 9.88 Å². The van der Waals surface area contributed by atoms with Gasteiger partial charge in [-0.3, -0.25) is 4.90 Å². The number of aliphatic hydroxyl groups is 1. The van der Waals surface area contributed by atoms with Crippen molar-refractivity contribution >= 4 is 22.6 Å². The first-order chi connectivity index (χ1) is 10.7. The number of nitrogens with zero attached hydrogens (tertiary/aromatic N) is 3. The number of para-hydroxylation sites is 2. The molecule has 0 amide bonds. The highest BCUT2D eigenvalue weighted by molar-refractivity contribution is 6.30. The summed E-state index contributed by atoms with van der Waals surface area (Å²) in [6, 6.07) is 15.8. The summed E-state index contributed by atoms with van der Waals surface area (Å²) >= 11 is 5.91. The maximum absolute atomic E-state index is 9.54. The molecular weight excluding hydrogens is 298 g/mol. The van der Waals surface area contributed by atoms with Gasteiger partial charge in [-0.05, 0) is 36.9 Å². The van der Waals surface area contributed by atoms with Crippen LogP contribution in [0.2, 0.25) is 5.02 Å². The van der Waals surface area contributed by atoms with Gasteiger partial charge < -0.3 is 9.67 Å². The zero-order valence-electron chi connectivity index (χ0n) is 12.4. The van der Waals surface area contributed by atoms with Crippen LogP contribution in [-0.2, 0) is 19.8 Å². The molecule has 0 spiro atoms. The third-order valence-corrected chi connectivity index (χ3v) is 3.88. The number of halogens is 1. The van der Waals surface area contributed by atoms with Crippen molar-refractivity contribution in [3.8, 4) is 0 Å². The number of imidazole rings is 1. The highest BCUT2D eigenvalue weighted by Gasteiger charge is 2.11. The molecule has 0 radical (unpaired) electrons. The van der Waals surface area contributed by atoms with E-state index in [4.69, 9.17) is 11.6 Å². The van der Waals surface area contributed by atoms with E-state index in [1.165, 1.54) is 5.56 Å². The van der Waals surface area contributed by atoms with E-state index in [-0.39, 0.29) is 6.61 Å². The van der Waals surface area contributed by atoms with Crippen LogP contribution in [0, 0.1) is 0 Å². The molecule has 0 saturated heterocycles. The van der Waals surface area contributed by atoms with Crippen LogP contribution in [0.15, 0.2) is 48.5 Å². The summed E-state index contributed by atoms with van der Waals surface area (Å²) in [6.07, 6.45) is 0. The number of benzene rings is 2. The summed E-state index contributed by atoms with van der Waals surface area (Å²) in [5.74, 6) is 0.684. The topological polar surface area (TPSA) is 41.3 Å². The van der Waals surface area contributed by atoms with E-state index in [1.54, 1.807) is 0 Å².